The maximum Gasteiger partial charge on any atom is 0.343 e. The number of benzene rings is 2. The van der Waals surface area contributed by atoms with Crippen LogP contribution in [0.4, 0.5) is 0 Å². The predicted molar refractivity (Wildman–Crippen MR) is 119 cm³/mol. The number of esters is 1. The summed E-state index contributed by atoms with van der Waals surface area (Å²) in [5.41, 5.74) is 5.22. The number of methoxy groups -OCH3 is 1. The third kappa shape index (κ3) is 3.32. The first-order valence-electron chi connectivity index (χ1n) is 10.3. The fourth-order valence-electron chi connectivity index (χ4n) is 5.08. The fraction of sp³-hybridized carbons (Fsp3) is 0.400. The zero-order valence-electron chi connectivity index (χ0n) is 17.8. The fourth-order valence-corrected chi connectivity index (χ4v) is 5.21. The van der Waals surface area contributed by atoms with Crippen LogP contribution in [-0.4, -0.2) is 29.9 Å². The summed E-state index contributed by atoms with van der Waals surface area (Å²) in [4.78, 5) is 13.0. The van der Waals surface area contributed by atoms with E-state index >= 15 is 0 Å². The highest BCUT2D eigenvalue weighted by Crippen LogP contribution is 2.47. The molecule has 1 aliphatic heterocycles. The summed E-state index contributed by atoms with van der Waals surface area (Å²) in [6, 6.07) is 9.74. The minimum atomic E-state index is -0.925. The van der Waals surface area contributed by atoms with E-state index in [9.17, 15) is 9.90 Å². The lowest BCUT2D eigenvalue weighted by atomic mass is 9.80. The Balaban J connectivity index is 1.85. The third-order valence-corrected chi connectivity index (χ3v) is 6.84. The number of carbonyl (C=O) groups excluding carboxylic acids is 1. The van der Waals surface area contributed by atoms with Crippen LogP contribution in [0.15, 0.2) is 36.1 Å². The van der Waals surface area contributed by atoms with Gasteiger partial charge in [0.15, 0.2) is 11.4 Å². The number of hydrogen-bond acceptors (Lipinski definition) is 4. The number of ether oxygens (including phenoxy) is 2. The van der Waals surface area contributed by atoms with Crippen LogP contribution in [0, 0.1) is 20.8 Å². The second-order valence-corrected chi connectivity index (χ2v) is 8.87. The molecule has 2 aromatic rings. The van der Waals surface area contributed by atoms with Crippen molar-refractivity contribution in [3.05, 3.63) is 63.4 Å². The molecule has 158 valence electrons. The van der Waals surface area contributed by atoms with Crippen molar-refractivity contribution >= 4 is 23.1 Å². The molecule has 1 heterocycles. The Labute approximate surface area is 182 Å². The summed E-state index contributed by atoms with van der Waals surface area (Å²) < 4.78 is 11.3. The Bertz CT molecular complexity index is 1030. The van der Waals surface area contributed by atoms with Crippen LogP contribution in [0.5, 0.6) is 0 Å². The summed E-state index contributed by atoms with van der Waals surface area (Å²) in [5.74, 6) is -0.375. The van der Waals surface area contributed by atoms with Crippen molar-refractivity contribution in [3.8, 4) is 11.1 Å². The van der Waals surface area contributed by atoms with Crippen LogP contribution in [0.3, 0.4) is 0 Å². The molecule has 1 aliphatic carbocycles. The number of halogens is 1. The van der Waals surface area contributed by atoms with Crippen LogP contribution in [0.1, 0.15) is 47.9 Å². The summed E-state index contributed by atoms with van der Waals surface area (Å²) in [7, 11) is 1.70. The van der Waals surface area contributed by atoms with Crippen molar-refractivity contribution in [2.75, 3.05) is 7.11 Å². The van der Waals surface area contributed by atoms with Crippen molar-refractivity contribution in [2.45, 2.75) is 58.2 Å². The van der Waals surface area contributed by atoms with Gasteiger partial charge in [-0.3, -0.25) is 0 Å². The Hall–Kier alpha value is -2.30. The molecule has 2 aromatic carbocycles. The third-order valence-electron chi connectivity index (χ3n) is 6.59. The van der Waals surface area contributed by atoms with E-state index in [1.165, 1.54) is 0 Å². The summed E-state index contributed by atoms with van der Waals surface area (Å²) >= 11 is 6.07. The average molecular weight is 427 g/mol. The molecule has 4 nitrogen and oxygen atoms in total. The Kier molecular flexibility index (Phi) is 5.41. The summed E-state index contributed by atoms with van der Waals surface area (Å²) in [6.45, 7) is 6.03. The van der Waals surface area contributed by atoms with Gasteiger partial charge in [0, 0.05) is 12.1 Å². The van der Waals surface area contributed by atoms with Gasteiger partial charge in [-0.1, -0.05) is 29.8 Å². The van der Waals surface area contributed by atoms with Crippen LogP contribution in [-0.2, 0) is 14.3 Å². The molecule has 2 aliphatic rings. The van der Waals surface area contributed by atoms with Gasteiger partial charge in [0.05, 0.1) is 6.10 Å². The van der Waals surface area contributed by atoms with Gasteiger partial charge in [0.1, 0.15) is 5.57 Å². The van der Waals surface area contributed by atoms with Gasteiger partial charge in [-0.15, -0.1) is 0 Å². The first-order chi connectivity index (χ1) is 14.3. The number of aliphatic hydroxyl groups is 1. The molecule has 1 N–H and O–H groups in total. The molecule has 1 fully saturated rings. The first kappa shape index (κ1) is 21.0. The molecule has 0 saturated heterocycles. The van der Waals surface area contributed by atoms with Gasteiger partial charge in [0.25, 0.3) is 0 Å². The van der Waals surface area contributed by atoms with Gasteiger partial charge < -0.3 is 14.6 Å². The normalized spacial score (nSPS) is 23.9. The van der Waals surface area contributed by atoms with E-state index in [0.29, 0.717) is 23.4 Å². The molecule has 4 rings (SSSR count). The van der Waals surface area contributed by atoms with Gasteiger partial charge in [-0.05, 0) is 92.0 Å². The van der Waals surface area contributed by atoms with Crippen molar-refractivity contribution in [3.63, 3.8) is 0 Å². The largest absolute Gasteiger partial charge is 0.507 e. The highest BCUT2D eigenvalue weighted by molar-refractivity contribution is 6.30. The lowest BCUT2D eigenvalue weighted by Crippen LogP contribution is -2.38. The molecule has 1 saturated carbocycles. The maximum absolute atomic E-state index is 13.0. The molecule has 0 aromatic heterocycles. The lowest BCUT2D eigenvalue weighted by molar-refractivity contribution is -0.151. The smallest absolute Gasteiger partial charge is 0.343 e. The standard InChI is InChI=1S/C25H27ClO4/c1-14-13-15(2)21(16(3)20(14)17-5-7-18(26)8-6-17)22-23(27)25(30-24(22)28)11-9-19(29-4)10-12-25/h5-8,13,19,27H,9-12H2,1-4H3. The van der Waals surface area contributed by atoms with Gasteiger partial charge in [0.2, 0.25) is 0 Å². The molecule has 0 unspecified atom stereocenters. The average Bonchev–Trinajstić information content (AvgIpc) is 2.94. The molecule has 0 radical (unpaired) electrons. The molecule has 0 atom stereocenters. The SMILES string of the molecule is COC1CCC2(CC1)OC(=O)C(c1c(C)cc(C)c(-c3ccc(Cl)cc3)c1C)=C2O. The monoisotopic (exact) mass is 426 g/mol. The van der Waals surface area contributed by atoms with Gasteiger partial charge >= 0.3 is 5.97 Å². The van der Waals surface area contributed by atoms with Crippen LogP contribution < -0.4 is 0 Å². The number of aryl methyl sites for hydroxylation is 2. The number of hydrogen-bond donors (Lipinski definition) is 1. The van der Waals surface area contributed by atoms with E-state index in [-0.39, 0.29) is 11.9 Å². The minimum Gasteiger partial charge on any atom is -0.507 e. The maximum atomic E-state index is 13.0. The highest BCUT2D eigenvalue weighted by Gasteiger charge is 2.51. The van der Waals surface area contributed by atoms with E-state index in [0.717, 1.165) is 46.2 Å². The molecule has 5 heteroatoms. The van der Waals surface area contributed by atoms with Gasteiger partial charge in [-0.2, -0.15) is 0 Å². The zero-order chi connectivity index (χ0) is 21.6. The summed E-state index contributed by atoms with van der Waals surface area (Å²) in [5, 5.41) is 11.9. The second-order valence-electron chi connectivity index (χ2n) is 8.43. The van der Waals surface area contributed by atoms with E-state index in [2.05, 4.69) is 13.0 Å². The topological polar surface area (TPSA) is 55.8 Å². The predicted octanol–water partition coefficient (Wildman–Crippen LogP) is 6.09. The second kappa shape index (κ2) is 7.75. The number of carbonyl (C=O) groups is 1. The van der Waals surface area contributed by atoms with Crippen LogP contribution >= 0.6 is 11.6 Å². The molecule has 0 bridgehead atoms. The van der Waals surface area contributed by atoms with Gasteiger partial charge in [-0.25, -0.2) is 4.79 Å². The zero-order valence-corrected chi connectivity index (χ0v) is 18.6. The Morgan fingerprint density at radius 2 is 1.67 bits per heavy atom. The van der Waals surface area contributed by atoms with Crippen molar-refractivity contribution in [2.24, 2.45) is 0 Å². The lowest BCUT2D eigenvalue weighted by Gasteiger charge is -2.35. The Morgan fingerprint density at radius 3 is 2.27 bits per heavy atom. The number of aliphatic hydroxyl groups excluding tert-OH is 1. The molecule has 0 amide bonds. The Morgan fingerprint density at radius 1 is 1.07 bits per heavy atom. The highest BCUT2D eigenvalue weighted by atomic mass is 35.5. The van der Waals surface area contributed by atoms with Crippen molar-refractivity contribution in [1.82, 2.24) is 0 Å². The molecule has 1 spiro atoms. The molecular formula is C25H27ClO4. The quantitative estimate of drug-likeness (QED) is 0.603. The first-order valence-corrected chi connectivity index (χ1v) is 10.7. The van der Waals surface area contributed by atoms with E-state index in [1.807, 2.05) is 38.1 Å². The van der Waals surface area contributed by atoms with E-state index in [1.54, 1.807) is 7.11 Å². The molecule has 30 heavy (non-hydrogen) atoms. The number of rotatable bonds is 3. The van der Waals surface area contributed by atoms with E-state index < -0.39 is 11.6 Å². The van der Waals surface area contributed by atoms with E-state index in [4.69, 9.17) is 21.1 Å². The minimum absolute atomic E-state index is 0.0687. The molecular weight excluding hydrogens is 400 g/mol. The van der Waals surface area contributed by atoms with Crippen LogP contribution in [0.2, 0.25) is 5.02 Å². The van der Waals surface area contributed by atoms with Crippen molar-refractivity contribution < 1.29 is 19.4 Å². The van der Waals surface area contributed by atoms with Crippen LogP contribution in [0.25, 0.3) is 16.7 Å². The van der Waals surface area contributed by atoms with Crippen molar-refractivity contribution in [1.29, 1.82) is 0 Å². The summed E-state index contributed by atoms with van der Waals surface area (Å²) in [6.07, 6.45) is 2.79.